The van der Waals surface area contributed by atoms with Crippen LogP contribution in [-0.2, 0) is 4.79 Å². The Morgan fingerprint density at radius 1 is 1.26 bits per heavy atom. The van der Waals surface area contributed by atoms with Gasteiger partial charge in [0.15, 0.2) is 5.75 Å². The molecule has 0 saturated heterocycles. The van der Waals surface area contributed by atoms with Crippen molar-refractivity contribution >= 4 is 52.5 Å². The van der Waals surface area contributed by atoms with Gasteiger partial charge >= 0.3 is 0 Å². The zero-order chi connectivity index (χ0) is 20.0. The summed E-state index contributed by atoms with van der Waals surface area (Å²) in [7, 11) is 0. The first-order valence-corrected chi connectivity index (χ1v) is 8.74. The molecule has 136 valence electrons. The van der Waals surface area contributed by atoms with E-state index in [1.807, 2.05) is 6.07 Å². The van der Waals surface area contributed by atoms with Crippen LogP contribution in [0, 0.1) is 30.6 Å². The van der Waals surface area contributed by atoms with Crippen molar-refractivity contribution in [1.29, 1.82) is 5.26 Å². The molecular formula is C20H13Cl3N2O2. The number of rotatable bonds is 5. The van der Waals surface area contributed by atoms with Gasteiger partial charge in [0, 0.05) is 10.7 Å². The monoisotopic (exact) mass is 418 g/mol. The van der Waals surface area contributed by atoms with Gasteiger partial charge in [0.1, 0.15) is 18.2 Å². The zero-order valence-electron chi connectivity index (χ0n) is 14.1. The number of ether oxygens (including phenoxy) is 1. The summed E-state index contributed by atoms with van der Waals surface area (Å²) in [4.78, 5) is 12.4. The second kappa shape index (κ2) is 9.35. The van der Waals surface area contributed by atoms with Crippen molar-refractivity contribution in [3.05, 3.63) is 62.1 Å². The van der Waals surface area contributed by atoms with E-state index in [4.69, 9.17) is 46.0 Å². The van der Waals surface area contributed by atoms with Crippen molar-refractivity contribution in [3.63, 3.8) is 0 Å². The highest BCUT2D eigenvalue weighted by atomic mass is 35.5. The maximum atomic E-state index is 12.4. The van der Waals surface area contributed by atoms with Crippen LogP contribution in [0.2, 0.25) is 15.1 Å². The summed E-state index contributed by atoms with van der Waals surface area (Å²) in [6.45, 7) is 1.78. The highest BCUT2D eigenvalue weighted by molar-refractivity contribution is 6.37. The van der Waals surface area contributed by atoms with E-state index in [9.17, 15) is 10.1 Å². The number of nitrogens with zero attached hydrogens (tertiary/aromatic N) is 1. The maximum absolute atomic E-state index is 12.4. The van der Waals surface area contributed by atoms with E-state index in [1.165, 1.54) is 18.2 Å². The number of hydrogen-bond acceptors (Lipinski definition) is 3. The van der Waals surface area contributed by atoms with Gasteiger partial charge in [-0.25, -0.2) is 0 Å². The molecule has 2 aromatic carbocycles. The van der Waals surface area contributed by atoms with Gasteiger partial charge in [-0.1, -0.05) is 46.8 Å². The minimum Gasteiger partial charge on any atom is -0.478 e. The van der Waals surface area contributed by atoms with Crippen LogP contribution < -0.4 is 10.1 Å². The molecule has 0 atom stereocenters. The Balaban J connectivity index is 2.30. The van der Waals surface area contributed by atoms with E-state index < -0.39 is 5.91 Å². The molecule has 0 fully saturated rings. The summed E-state index contributed by atoms with van der Waals surface area (Å²) in [5.74, 6) is 1.98. The van der Waals surface area contributed by atoms with Gasteiger partial charge in [-0.2, -0.15) is 5.26 Å². The average molecular weight is 420 g/mol. The number of terminal acetylenes is 1. The van der Waals surface area contributed by atoms with Crippen molar-refractivity contribution in [3.8, 4) is 24.2 Å². The number of carbonyl (C=O) groups excluding carboxylic acids is 1. The Morgan fingerprint density at radius 3 is 2.52 bits per heavy atom. The topological polar surface area (TPSA) is 62.1 Å². The molecule has 0 aliphatic carbocycles. The van der Waals surface area contributed by atoms with Crippen LogP contribution in [0.15, 0.2) is 35.9 Å². The second-order valence-electron chi connectivity index (χ2n) is 5.34. The Morgan fingerprint density at radius 2 is 1.93 bits per heavy atom. The molecule has 2 aromatic rings. The number of nitriles is 1. The third kappa shape index (κ3) is 5.18. The first-order chi connectivity index (χ1) is 12.9. The van der Waals surface area contributed by atoms with E-state index in [0.717, 1.165) is 0 Å². The largest absolute Gasteiger partial charge is 0.478 e. The van der Waals surface area contributed by atoms with Crippen molar-refractivity contribution in [2.75, 3.05) is 11.9 Å². The number of halogens is 3. The van der Waals surface area contributed by atoms with E-state index in [1.54, 1.807) is 25.1 Å². The highest BCUT2D eigenvalue weighted by Crippen LogP contribution is 2.35. The highest BCUT2D eigenvalue weighted by Gasteiger charge is 2.14. The van der Waals surface area contributed by atoms with Gasteiger partial charge in [0.2, 0.25) is 0 Å². The SMILES string of the molecule is C#CCOc1c(Cl)cc(/C=C(\C#N)C(=O)Nc2cccc(Cl)c2C)cc1Cl. The molecule has 0 aliphatic rings. The first kappa shape index (κ1) is 20.7. The average Bonchev–Trinajstić information content (AvgIpc) is 2.62. The second-order valence-corrected chi connectivity index (χ2v) is 6.56. The zero-order valence-corrected chi connectivity index (χ0v) is 16.4. The lowest BCUT2D eigenvalue weighted by Crippen LogP contribution is -2.14. The molecule has 7 heteroatoms. The predicted molar refractivity (Wildman–Crippen MR) is 109 cm³/mol. The number of anilines is 1. The Labute approximate surface area is 172 Å². The number of carbonyl (C=O) groups is 1. The van der Waals surface area contributed by atoms with E-state index in [-0.39, 0.29) is 28.0 Å². The molecule has 0 aliphatic heterocycles. The van der Waals surface area contributed by atoms with Crippen LogP contribution >= 0.6 is 34.8 Å². The summed E-state index contributed by atoms with van der Waals surface area (Å²) in [6, 6.07) is 10.0. The van der Waals surface area contributed by atoms with E-state index >= 15 is 0 Å². The molecule has 0 saturated carbocycles. The van der Waals surface area contributed by atoms with Crippen molar-refractivity contribution < 1.29 is 9.53 Å². The van der Waals surface area contributed by atoms with Crippen LogP contribution in [0.1, 0.15) is 11.1 Å². The lowest BCUT2D eigenvalue weighted by molar-refractivity contribution is -0.112. The number of benzene rings is 2. The van der Waals surface area contributed by atoms with Gasteiger partial charge in [0.05, 0.1) is 10.0 Å². The van der Waals surface area contributed by atoms with Crippen LogP contribution in [0.3, 0.4) is 0 Å². The molecule has 1 amide bonds. The van der Waals surface area contributed by atoms with Crippen LogP contribution in [0.4, 0.5) is 5.69 Å². The van der Waals surface area contributed by atoms with Crippen molar-refractivity contribution in [2.45, 2.75) is 6.92 Å². The molecule has 0 radical (unpaired) electrons. The summed E-state index contributed by atoms with van der Waals surface area (Å²) in [5, 5.41) is 13.0. The lowest BCUT2D eigenvalue weighted by Gasteiger charge is -2.10. The standard InChI is InChI=1S/C20H13Cl3N2O2/c1-3-7-27-19-16(22)9-13(10-17(19)23)8-14(11-24)20(26)25-18-6-4-5-15(21)12(18)2/h1,4-6,8-10H,7H2,2H3,(H,25,26)/b14-8+. The third-order valence-corrected chi connectivity index (χ3v) is 4.48. The first-order valence-electron chi connectivity index (χ1n) is 7.61. The fourth-order valence-electron chi connectivity index (χ4n) is 2.16. The van der Waals surface area contributed by atoms with Gasteiger partial charge in [0.25, 0.3) is 5.91 Å². The van der Waals surface area contributed by atoms with Gasteiger partial charge in [-0.15, -0.1) is 6.42 Å². The minimum atomic E-state index is -0.581. The molecule has 0 aromatic heterocycles. The summed E-state index contributed by atoms with van der Waals surface area (Å²) < 4.78 is 5.28. The van der Waals surface area contributed by atoms with E-state index in [0.29, 0.717) is 21.8 Å². The summed E-state index contributed by atoms with van der Waals surface area (Å²) >= 11 is 18.3. The summed E-state index contributed by atoms with van der Waals surface area (Å²) in [5.41, 5.74) is 1.56. The van der Waals surface area contributed by atoms with Gasteiger partial charge in [-0.3, -0.25) is 4.79 Å². The molecule has 0 heterocycles. The van der Waals surface area contributed by atoms with Crippen molar-refractivity contribution in [1.82, 2.24) is 0 Å². The minimum absolute atomic E-state index is 0.0134. The molecule has 1 N–H and O–H groups in total. The number of amides is 1. The molecule has 2 rings (SSSR count). The smallest absolute Gasteiger partial charge is 0.266 e. The predicted octanol–water partition coefficient (Wildman–Crippen LogP) is 5.51. The Kier molecular flexibility index (Phi) is 7.16. The maximum Gasteiger partial charge on any atom is 0.266 e. The number of nitrogens with one attached hydrogen (secondary N) is 1. The molecule has 4 nitrogen and oxygen atoms in total. The Hall–Kier alpha value is -2.63. The fourth-order valence-corrected chi connectivity index (χ4v) is 2.95. The summed E-state index contributed by atoms with van der Waals surface area (Å²) in [6.07, 6.45) is 6.52. The third-order valence-electron chi connectivity index (χ3n) is 3.51. The normalized spacial score (nSPS) is 10.7. The molecule has 0 bridgehead atoms. The van der Waals surface area contributed by atoms with Gasteiger partial charge in [-0.05, 0) is 48.4 Å². The van der Waals surface area contributed by atoms with Gasteiger partial charge < -0.3 is 10.1 Å². The van der Waals surface area contributed by atoms with Crippen LogP contribution in [0.25, 0.3) is 6.08 Å². The lowest BCUT2D eigenvalue weighted by atomic mass is 10.1. The molecule has 27 heavy (non-hydrogen) atoms. The molecule has 0 spiro atoms. The molecular weight excluding hydrogens is 407 g/mol. The Bertz CT molecular complexity index is 978. The fraction of sp³-hybridized carbons (Fsp3) is 0.100. The quantitative estimate of drug-likeness (QED) is 0.395. The van der Waals surface area contributed by atoms with E-state index in [2.05, 4.69) is 11.2 Å². The van der Waals surface area contributed by atoms with Crippen molar-refractivity contribution in [2.24, 2.45) is 0 Å². The van der Waals surface area contributed by atoms with Crippen LogP contribution in [0.5, 0.6) is 5.75 Å². The number of hydrogen-bond donors (Lipinski definition) is 1. The van der Waals surface area contributed by atoms with Crippen LogP contribution in [-0.4, -0.2) is 12.5 Å². The molecule has 0 unspecified atom stereocenters.